The van der Waals surface area contributed by atoms with Crippen LogP contribution in [-0.2, 0) is 14.3 Å². The monoisotopic (exact) mass is 465 g/mol. The van der Waals surface area contributed by atoms with Gasteiger partial charge in [0.1, 0.15) is 11.9 Å². The molecule has 0 bridgehead atoms. The summed E-state index contributed by atoms with van der Waals surface area (Å²) in [4.78, 5) is 24.1. The van der Waals surface area contributed by atoms with Gasteiger partial charge in [-0.3, -0.25) is 4.99 Å². The number of rotatable bonds is 4. The Kier molecular flexibility index (Phi) is 5.56. The summed E-state index contributed by atoms with van der Waals surface area (Å²) in [7, 11) is 0. The van der Waals surface area contributed by atoms with Crippen LogP contribution in [0.25, 0.3) is 0 Å². The molecule has 0 amide bonds. The van der Waals surface area contributed by atoms with E-state index in [4.69, 9.17) is 14.5 Å². The van der Waals surface area contributed by atoms with Gasteiger partial charge in [0.05, 0.1) is 31.1 Å². The Hall–Kier alpha value is -2.10. The van der Waals surface area contributed by atoms with E-state index in [-0.39, 0.29) is 19.0 Å². The number of carbonyl (C=O) groups excluding carboxylic acids is 1. The molecule has 1 atom stereocenters. The third kappa shape index (κ3) is 3.49. The highest BCUT2D eigenvalue weighted by Crippen LogP contribution is 2.40. The second kappa shape index (κ2) is 8.10. The van der Waals surface area contributed by atoms with E-state index in [1.54, 1.807) is 19.2 Å². The van der Waals surface area contributed by atoms with E-state index in [9.17, 15) is 9.18 Å². The Bertz CT molecular complexity index is 961. The Labute approximate surface area is 173 Å². The fourth-order valence-electron chi connectivity index (χ4n) is 3.30. The summed E-state index contributed by atoms with van der Waals surface area (Å²) < 4.78 is 25.2. The number of aromatic nitrogens is 1. The van der Waals surface area contributed by atoms with Crippen LogP contribution in [0.1, 0.15) is 23.5 Å². The average Bonchev–Trinajstić information content (AvgIpc) is 3.21. The smallest absolute Gasteiger partial charge is 0.338 e. The van der Waals surface area contributed by atoms with Crippen molar-refractivity contribution >= 4 is 39.1 Å². The first-order chi connectivity index (χ1) is 13.6. The second-order valence-electron chi connectivity index (χ2n) is 6.14. The predicted molar refractivity (Wildman–Crippen MR) is 107 cm³/mol. The normalized spacial score (nSPS) is 19.3. The van der Waals surface area contributed by atoms with Crippen molar-refractivity contribution in [3.8, 4) is 0 Å². The number of hydrogen-bond donors (Lipinski definition) is 0. The van der Waals surface area contributed by atoms with Crippen LogP contribution in [0.3, 0.4) is 0 Å². The standard InChI is InChI=1S/C19H17BrFN3O3S/c1-2-27-19(25)15-14-10-26-7-6-24(14)17(18-22-5-8-28-18)23-16(15)12-4-3-11(21)9-13(12)20/h3-5,8-9,16H,2,6-7,10H2,1H3. The van der Waals surface area contributed by atoms with Crippen LogP contribution >= 0.6 is 27.3 Å². The molecule has 2 aliphatic heterocycles. The van der Waals surface area contributed by atoms with Gasteiger partial charge >= 0.3 is 5.97 Å². The molecule has 1 saturated heterocycles. The zero-order valence-corrected chi connectivity index (χ0v) is 17.4. The van der Waals surface area contributed by atoms with E-state index in [0.29, 0.717) is 40.3 Å². The lowest BCUT2D eigenvalue weighted by Crippen LogP contribution is -2.44. The van der Waals surface area contributed by atoms with Crippen molar-refractivity contribution < 1.29 is 18.7 Å². The minimum atomic E-state index is -0.652. The van der Waals surface area contributed by atoms with Crippen molar-refractivity contribution in [2.75, 3.05) is 26.4 Å². The minimum absolute atomic E-state index is 0.247. The number of carbonyl (C=O) groups is 1. The molecule has 2 aromatic rings. The highest BCUT2D eigenvalue weighted by molar-refractivity contribution is 9.10. The fraction of sp³-hybridized carbons (Fsp3) is 0.316. The van der Waals surface area contributed by atoms with Crippen molar-refractivity contribution in [2.45, 2.75) is 13.0 Å². The summed E-state index contributed by atoms with van der Waals surface area (Å²) in [6.07, 6.45) is 1.72. The highest BCUT2D eigenvalue weighted by atomic mass is 79.9. The van der Waals surface area contributed by atoms with Crippen molar-refractivity contribution in [2.24, 2.45) is 4.99 Å². The maximum atomic E-state index is 13.7. The maximum Gasteiger partial charge on any atom is 0.338 e. The highest BCUT2D eigenvalue weighted by Gasteiger charge is 2.39. The van der Waals surface area contributed by atoms with Crippen molar-refractivity contribution in [1.82, 2.24) is 9.88 Å². The van der Waals surface area contributed by atoms with Gasteiger partial charge in [-0.15, -0.1) is 11.3 Å². The van der Waals surface area contributed by atoms with Crippen LogP contribution in [0.4, 0.5) is 4.39 Å². The molecule has 4 rings (SSSR count). The molecule has 0 radical (unpaired) electrons. The first kappa shape index (κ1) is 19.2. The van der Waals surface area contributed by atoms with E-state index in [2.05, 4.69) is 20.9 Å². The van der Waals surface area contributed by atoms with Crippen LogP contribution < -0.4 is 0 Å². The summed E-state index contributed by atoms with van der Waals surface area (Å²) >= 11 is 4.89. The van der Waals surface area contributed by atoms with Gasteiger partial charge in [0.15, 0.2) is 10.8 Å². The molecule has 0 saturated carbocycles. The third-order valence-electron chi connectivity index (χ3n) is 4.49. The molecular formula is C19H17BrFN3O3S. The summed E-state index contributed by atoms with van der Waals surface area (Å²) in [6, 6.07) is 3.70. The third-order valence-corrected chi connectivity index (χ3v) is 5.95. The number of benzene rings is 1. The fourth-order valence-corrected chi connectivity index (χ4v) is 4.51. The molecule has 3 heterocycles. The van der Waals surface area contributed by atoms with Crippen molar-refractivity contribution in [3.05, 3.63) is 61.9 Å². The van der Waals surface area contributed by atoms with Crippen molar-refractivity contribution in [1.29, 1.82) is 0 Å². The van der Waals surface area contributed by atoms with Gasteiger partial charge < -0.3 is 14.4 Å². The molecule has 1 fully saturated rings. The zero-order chi connectivity index (χ0) is 19.7. The summed E-state index contributed by atoms with van der Waals surface area (Å²) in [5.41, 5.74) is 1.80. The lowest BCUT2D eigenvalue weighted by molar-refractivity contribution is -0.139. The van der Waals surface area contributed by atoms with Crippen molar-refractivity contribution in [3.63, 3.8) is 0 Å². The zero-order valence-electron chi connectivity index (χ0n) is 15.0. The number of amidine groups is 1. The molecule has 2 aliphatic rings. The number of hydrogen-bond acceptors (Lipinski definition) is 7. The molecule has 28 heavy (non-hydrogen) atoms. The van der Waals surface area contributed by atoms with E-state index >= 15 is 0 Å². The number of thiazole rings is 1. The average molecular weight is 466 g/mol. The van der Waals surface area contributed by atoms with Gasteiger partial charge in [0, 0.05) is 22.6 Å². The van der Waals surface area contributed by atoms with Crippen LogP contribution in [0.5, 0.6) is 0 Å². The number of morpholine rings is 1. The first-order valence-corrected chi connectivity index (χ1v) is 10.5. The maximum absolute atomic E-state index is 13.7. The van der Waals surface area contributed by atoms with E-state index < -0.39 is 12.0 Å². The number of nitrogens with zero attached hydrogens (tertiary/aromatic N) is 3. The van der Waals surface area contributed by atoms with Crippen LogP contribution in [0.15, 0.2) is 50.5 Å². The summed E-state index contributed by atoms with van der Waals surface area (Å²) in [6.45, 7) is 3.36. The van der Waals surface area contributed by atoms with E-state index in [1.807, 2.05) is 10.3 Å². The van der Waals surface area contributed by atoms with Crippen LogP contribution in [-0.4, -0.2) is 48.1 Å². The lowest BCUT2D eigenvalue weighted by atomic mass is 9.94. The molecule has 0 N–H and O–H groups in total. The summed E-state index contributed by atoms with van der Waals surface area (Å²) in [5.74, 6) is -0.137. The molecule has 1 unspecified atom stereocenters. The molecule has 146 valence electrons. The van der Waals surface area contributed by atoms with E-state index in [0.717, 1.165) is 5.01 Å². The minimum Gasteiger partial charge on any atom is -0.463 e. The lowest BCUT2D eigenvalue weighted by Gasteiger charge is -2.38. The Morgan fingerprint density at radius 2 is 2.36 bits per heavy atom. The van der Waals surface area contributed by atoms with E-state index in [1.165, 1.54) is 23.5 Å². The predicted octanol–water partition coefficient (Wildman–Crippen LogP) is 3.70. The molecule has 1 aromatic heterocycles. The molecule has 0 spiro atoms. The van der Waals surface area contributed by atoms with Gasteiger partial charge in [-0.1, -0.05) is 22.0 Å². The van der Waals surface area contributed by atoms with Crippen LogP contribution in [0, 0.1) is 5.82 Å². The Balaban J connectivity index is 1.90. The number of aliphatic imine (C=N–C) groups is 1. The van der Waals surface area contributed by atoms with Gasteiger partial charge in [-0.25, -0.2) is 14.2 Å². The molecule has 1 aromatic carbocycles. The van der Waals surface area contributed by atoms with Gasteiger partial charge in [-0.2, -0.15) is 0 Å². The second-order valence-corrected chi connectivity index (χ2v) is 7.89. The number of fused-ring (bicyclic) bond motifs is 1. The first-order valence-electron chi connectivity index (χ1n) is 8.78. The largest absolute Gasteiger partial charge is 0.463 e. The topological polar surface area (TPSA) is 64.0 Å². The van der Waals surface area contributed by atoms with Gasteiger partial charge in [0.2, 0.25) is 0 Å². The summed E-state index contributed by atoms with van der Waals surface area (Å²) in [5, 5.41) is 2.64. The number of ether oxygens (including phenoxy) is 2. The van der Waals surface area contributed by atoms with Gasteiger partial charge in [-0.05, 0) is 24.6 Å². The Morgan fingerprint density at radius 3 is 3.07 bits per heavy atom. The van der Waals surface area contributed by atoms with Gasteiger partial charge in [0.25, 0.3) is 0 Å². The molecule has 6 nitrogen and oxygen atoms in total. The van der Waals surface area contributed by atoms with Crippen LogP contribution in [0.2, 0.25) is 0 Å². The molecule has 0 aliphatic carbocycles. The number of halogens is 2. The molecular weight excluding hydrogens is 449 g/mol. The SMILES string of the molecule is CCOC(=O)C1=C2COCCN2C(c2nccs2)=NC1c1ccc(F)cc1Br. The number of esters is 1. The quantitative estimate of drug-likeness (QED) is 0.644. The molecule has 9 heteroatoms. The Morgan fingerprint density at radius 1 is 1.50 bits per heavy atom.